The van der Waals surface area contributed by atoms with Gasteiger partial charge in [-0.05, 0) is 0 Å². The standard InChI is InChI=1S/C4H10Te.Mg/c1-2-3-4-5;/h5H,2-4H2,1H3;/q;+2/p-1. The van der Waals surface area contributed by atoms with Crippen molar-refractivity contribution in [2.45, 2.75) is 24.2 Å². The third-order valence-corrected chi connectivity index (χ3v) is 4.23. The average Bonchev–Trinajstić information content (AvgIpc) is 1.61. The summed E-state index contributed by atoms with van der Waals surface area (Å²) in [4.78, 5) is 0. The van der Waals surface area contributed by atoms with Crippen LogP contribution >= 0.6 is 0 Å². The molecule has 0 aliphatic heterocycles. The van der Waals surface area contributed by atoms with E-state index in [9.17, 15) is 0 Å². The Labute approximate surface area is 58.9 Å². The Morgan fingerprint density at radius 3 is 2.50 bits per heavy atom. The third-order valence-electron chi connectivity index (χ3n) is 0.642. The molecule has 0 radical (unpaired) electrons. The van der Waals surface area contributed by atoms with E-state index in [1.807, 2.05) is 0 Å². The van der Waals surface area contributed by atoms with Gasteiger partial charge >= 0.3 is 59.3 Å². The number of unbranched alkanes of at least 4 members (excludes halogenated alkanes) is 1. The molecule has 0 bridgehead atoms. The van der Waals surface area contributed by atoms with Gasteiger partial charge in [-0.1, -0.05) is 0 Å². The zero-order chi connectivity index (χ0) is 4.83. The van der Waals surface area contributed by atoms with Crippen LogP contribution in [0.2, 0.25) is 4.47 Å². The quantitative estimate of drug-likeness (QED) is 0.480. The molecule has 0 aliphatic rings. The summed E-state index contributed by atoms with van der Waals surface area (Å²) in [5, 5.41) is 0. The molecule has 0 aliphatic carbocycles. The Hall–Kier alpha value is 1.56. The Morgan fingerprint density at radius 2 is 2.33 bits per heavy atom. The normalized spacial score (nSPS) is 9.17. The van der Waals surface area contributed by atoms with Gasteiger partial charge in [0, 0.05) is 0 Å². The maximum absolute atomic E-state index is 2.26. The molecular weight excluding hydrogens is 200 g/mol. The van der Waals surface area contributed by atoms with E-state index in [4.69, 9.17) is 0 Å². The average molecular weight is 209 g/mol. The topological polar surface area (TPSA) is 0 Å². The molecule has 0 heterocycles. The molecule has 0 atom stereocenters. The number of rotatable bonds is 3. The fourth-order valence-corrected chi connectivity index (χ4v) is 3.02. The molecule has 0 nitrogen and oxygen atoms in total. The van der Waals surface area contributed by atoms with E-state index in [0.717, 1.165) is 0 Å². The van der Waals surface area contributed by atoms with Crippen molar-refractivity contribution in [1.29, 1.82) is 0 Å². The monoisotopic (exact) mass is 211 g/mol. The Kier molecular flexibility index (Phi) is 8.26. The molecule has 0 aromatic rings. The fourth-order valence-electron chi connectivity index (χ4n) is 0.246. The van der Waals surface area contributed by atoms with Gasteiger partial charge in [-0.15, -0.1) is 0 Å². The molecule has 0 spiro atoms. The maximum atomic E-state index is 2.26. The first-order chi connectivity index (χ1) is 2.91. The van der Waals surface area contributed by atoms with Crippen molar-refractivity contribution in [3.05, 3.63) is 0 Å². The first-order valence-corrected chi connectivity index (χ1v) is 9.45. The van der Waals surface area contributed by atoms with E-state index >= 15 is 0 Å². The van der Waals surface area contributed by atoms with Gasteiger partial charge in [0.15, 0.2) is 0 Å². The number of hydrogen-bond donors (Lipinski definition) is 0. The minimum absolute atomic E-state index is 0.492. The molecule has 0 aromatic carbocycles. The van der Waals surface area contributed by atoms with Crippen LogP contribution in [-0.4, -0.2) is 35.1 Å². The van der Waals surface area contributed by atoms with Gasteiger partial charge in [0.05, 0.1) is 0 Å². The molecule has 0 rings (SSSR count). The van der Waals surface area contributed by atoms with Crippen molar-refractivity contribution in [1.82, 2.24) is 0 Å². The van der Waals surface area contributed by atoms with E-state index in [-0.39, 0.29) is 0 Å². The summed E-state index contributed by atoms with van der Waals surface area (Å²) in [6.07, 6.45) is 2.87. The number of hydrogen-bond acceptors (Lipinski definition) is 0. The van der Waals surface area contributed by atoms with E-state index in [1.54, 1.807) is 4.47 Å². The van der Waals surface area contributed by atoms with Gasteiger partial charge in [0.1, 0.15) is 0 Å². The van der Waals surface area contributed by atoms with Crippen LogP contribution in [0.3, 0.4) is 0 Å². The molecule has 0 amide bonds. The molecule has 6 heavy (non-hydrogen) atoms. The first kappa shape index (κ1) is 7.56. The van der Waals surface area contributed by atoms with E-state index in [2.05, 4.69) is 24.8 Å². The molecule has 2 heteroatoms. The summed E-state index contributed by atoms with van der Waals surface area (Å²) < 4.78 is 1.56. The van der Waals surface area contributed by atoms with Gasteiger partial charge in [0.25, 0.3) is 0 Å². The van der Waals surface area contributed by atoms with E-state index < -0.39 is 0 Å². The van der Waals surface area contributed by atoms with E-state index in [0.29, 0.717) is 17.2 Å². The van der Waals surface area contributed by atoms with Crippen LogP contribution in [-0.2, 0) is 0 Å². The van der Waals surface area contributed by atoms with Gasteiger partial charge < -0.3 is 0 Å². The van der Waals surface area contributed by atoms with Crippen LogP contribution in [0.1, 0.15) is 19.8 Å². The van der Waals surface area contributed by atoms with Crippen molar-refractivity contribution < 1.29 is 0 Å². The van der Waals surface area contributed by atoms with Crippen LogP contribution in [0.5, 0.6) is 0 Å². The van der Waals surface area contributed by atoms with Crippen LogP contribution in [0, 0.1) is 0 Å². The first-order valence-electron chi connectivity index (χ1n) is 2.28. The molecule has 0 saturated heterocycles. The van der Waals surface area contributed by atoms with Crippen molar-refractivity contribution in [3.63, 3.8) is 0 Å². The second-order valence-corrected chi connectivity index (χ2v) is 6.33. The second-order valence-electron chi connectivity index (χ2n) is 1.26. The Morgan fingerprint density at radius 1 is 1.67 bits per heavy atom. The van der Waals surface area contributed by atoms with Gasteiger partial charge in [0.2, 0.25) is 0 Å². The predicted octanol–water partition coefficient (Wildman–Crippen LogP) is 0.992. The molecule has 0 fully saturated rings. The summed E-state index contributed by atoms with van der Waals surface area (Å²) in [5.41, 5.74) is 0. The summed E-state index contributed by atoms with van der Waals surface area (Å²) in [5.74, 6) is 0. The summed E-state index contributed by atoms with van der Waals surface area (Å²) in [6.45, 7) is 2.26. The van der Waals surface area contributed by atoms with Gasteiger partial charge in [-0.2, -0.15) is 0 Å². The van der Waals surface area contributed by atoms with Crippen molar-refractivity contribution >= 4 is 35.1 Å². The molecular formula is C4H9MgTe+. The zero-order valence-electron chi connectivity index (χ0n) is 4.24. The SMILES string of the molecule is CCCC[Te][Mg+]. The summed E-state index contributed by atoms with van der Waals surface area (Å²) >= 11 is 2.69. The molecule has 0 saturated carbocycles. The molecule has 0 unspecified atom stereocenters. The second kappa shape index (κ2) is 6.56. The third kappa shape index (κ3) is 5.56. The Bertz CT molecular complexity index is 19.5. The fraction of sp³-hybridized carbons (Fsp3) is 1.00. The molecule has 0 aromatic heterocycles. The van der Waals surface area contributed by atoms with Crippen molar-refractivity contribution in [2.24, 2.45) is 0 Å². The van der Waals surface area contributed by atoms with Gasteiger partial charge in [-0.25, -0.2) is 0 Å². The van der Waals surface area contributed by atoms with Crippen LogP contribution in [0.25, 0.3) is 0 Å². The minimum atomic E-state index is 0.492. The van der Waals surface area contributed by atoms with Crippen LogP contribution < -0.4 is 0 Å². The summed E-state index contributed by atoms with van der Waals surface area (Å²) in [7, 11) is 0. The van der Waals surface area contributed by atoms with E-state index in [1.165, 1.54) is 12.8 Å². The molecule has 0 N–H and O–H groups in total. The van der Waals surface area contributed by atoms with Crippen LogP contribution in [0.15, 0.2) is 0 Å². The zero-order valence-corrected chi connectivity index (χ0v) is 7.98. The van der Waals surface area contributed by atoms with Crippen LogP contribution in [0.4, 0.5) is 0 Å². The summed E-state index contributed by atoms with van der Waals surface area (Å²) in [6, 6.07) is 0. The van der Waals surface area contributed by atoms with Crippen molar-refractivity contribution in [2.75, 3.05) is 0 Å². The predicted molar refractivity (Wildman–Crippen MR) is 31.2 cm³/mol. The van der Waals surface area contributed by atoms with Gasteiger partial charge in [-0.3, -0.25) is 0 Å². The van der Waals surface area contributed by atoms with Crippen molar-refractivity contribution in [3.8, 4) is 0 Å². The Balaban J connectivity index is 2.34. The molecule has 32 valence electrons.